The first-order chi connectivity index (χ1) is 15.0. The molecule has 2 heterocycles. The first-order valence-electron chi connectivity index (χ1n) is 10.5. The maximum atomic E-state index is 12.8. The van der Waals surface area contributed by atoms with Crippen LogP contribution in [0.25, 0.3) is 5.69 Å². The summed E-state index contributed by atoms with van der Waals surface area (Å²) in [5.41, 5.74) is 2.80. The highest BCUT2D eigenvalue weighted by molar-refractivity contribution is 5.79. The zero-order valence-corrected chi connectivity index (χ0v) is 18.0. The van der Waals surface area contributed by atoms with Crippen LogP contribution in [0.1, 0.15) is 43.3 Å². The fourth-order valence-electron chi connectivity index (χ4n) is 3.64. The first-order valence-corrected chi connectivity index (χ1v) is 10.5. The number of carbonyl (C=O) groups excluding carboxylic acids is 1. The van der Waals surface area contributed by atoms with Crippen LogP contribution in [0.3, 0.4) is 0 Å². The minimum Gasteiger partial charge on any atom is -0.490 e. The van der Waals surface area contributed by atoms with Crippen LogP contribution in [-0.4, -0.2) is 39.3 Å². The second kappa shape index (κ2) is 9.16. The van der Waals surface area contributed by atoms with Gasteiger partial charge in [0.15, 0.2) is 17.3 Å². The van der Waals surface area contributed by atoms with Crippen LogP contribution in [0.15, 0.2) is 42.5 Å². The Kier molecular flexibility index (Phi) is 6.16. The Bertz CT molecular complexity index is 1050. The highest BCUT2D eigenvalue weighted by atomic mass is 16.5. The van der Waals surface area contributed by atoms with Crippen LogP contribution >= 0.6 is 0 Å². The molecule has 1 N–H and O–H groups in total. The topological polar surface area (TPSA) is 91.2 Å². The lowest BCUT2D eigenvalue weighted by Crippen LogP contribution is -2.32. The molecule has 0 radical (unpaired) electrons. The van der Waals surface area contributed by atoms with E-state index in [0.29, 0.717) is 25.5 Å². The first kappa shape index (κ1) is 20.8. The van der Waals surface area contributed by atoms with Crippen LogP contribution in [0.5, 0.6) is 11.5 Å². The maximum absolute atomic E-state index is 12.8. The Hall–Kier alpha value is -3.42. The number of benzene rings is 2. The van der Waals surface area contributed by atoms with Crippen molar-refractivity contribution in [2.75, 3.05) is 13.2 Å². The standard InChI is InChI=1S/C23H27N5O3/c1-15(2)23(18-7-10-20-21(14-18)31-12-4-11-30-20)24-22(29)13-17-5-8-19(9-6-17)28-16(3)25-26-27-28/h5-10,14-15,23H,4,11-13H2,1-3H3,(H,24,29). The molecule has 162 valence electrons. The number of hydrogen-bond acceptors (Lipinski definition) is 6. The molecule has 0 spiro atoms. The lowest BCUT2D eigenvalue weighted by atomic mass is 9.95. The number of nitrogens with one attached hydrogen (secondary N) is 1. The van der Waals surface area contributed by atoms with Crippen LogP contribution < -0.4 is 14.8 Å². The average molecular weight is 422 g/mol. The number of hydrogen-bond donors (Lipinski definition) is 1. The number of aryl methyl sites for hydroxylation is 1. The van der Waals surface area contributed by atoms with Gasteiger partial charge in [0, 0.05) is 6.42 Å². The Balaban J connectivity index is 1.44. The largest absolute Gasteiger partial charge is 0.490 e. The summed E-state index contributed by atoms with van der Waals surface area (Å²) in [6.07, 6.45) is 1.16. The van der Waals surface area contributed by atoms with E-state index in [1.54, 1.807) is 4.68 Å². The number of tetrazole rings is 1. The Labute approximate surface area is 181 Å². The molecule has 0 bridgehead atoms. The summed E-state index contributed by atoms with van der Waals surface area (Å²) in [6, 6.07) is 13.5. The van der Waals surface area contributed by atoms with Gasteiger partial charge in [-0.15, -0.1) is 5.10 Å². The van der Waals surface area contributed by atoms with Crippen molar-refractivity contribution in [1.29, 1.82) is 0 Å². The van der Waals surface area contributed by atoms with Crippen molar-refractivity contribution in [2.45, 2.75) is 39.7 Å². The van der Waals surface area contributed by atoms with Gasteiger partial charge >= 0.3 is 0 Å². The van der Waals surface area contributed by atoms with E-state index in [9.17, 15) is 4.79 Å². The zero-order chi connectivity index (χ0) is 21.8. The van der Waals surface area contributed by atoms with Crippen LogP contribution in [0, 0.1) is 12.8 Å². The summed E-state index contributed by atoms with van der Waals surface area (Å²) in [5.74, 6) is 2.40. The van der Waals surface area contributed by atoms with Gasteiger partial charge < -0.3 is 14.8 Å². The van der Waals surface area contributed by atoms with Crippen molar-refractivity contribution >= 4 is 5.91 Å². The summed E-state index contributed by atoms with van der Waals surface area (Å²) in [5, 5.41) is 14.7. The fraction of sp³-hybridized carbons (Fsp3) is 0.391. The van der Waals surface area contributed by atoms with E-state index in [-0.39, 0.29) is 17.9 Å². The third-order valence-corrected chi connectivity index (χ3v) is 5.28. The van der Waals surface area contributed by atoms with E-state index in [1.807, 2.05) is 49.4 Å². The predicted molar refractivity (Wildman–Crippen MR) is 115 cm³/mol. The molecule has 0 fully saturated rings. The number of ether oxygens (including phenoxy) is 2. The SMILES string of the molecule is Cc1nnnn1-c1ccc(CC(=O)NC(c2ccc3c(c2)OCCCO3)C(C)C)cc1. The van der Waals surface area contributed by atoms with Crippen molar-refractivity contribution in [3.8, 4) is 17.2 Å². The molecule has 1 aromatic heterocycles. The molecule has 8 nitrogen and oxygen atoms in total. The molecular weight excluding hydrogens is 394 g/mol. The zero-order valence-electron chi connectivity index (χ0n) is 18.0. The molecule has 2 aromatic carbocycles. The van der Waals surface area contributed by atoms with E-state index in [4.69, 9.17) is 9.47 Å². The van der Waals surface area contributed by atoms with E-state index in [1.165, 1.54) is 0 Å². The Morgan fingerprint density at radius 3 is 2.52 bits per heavy atom. The second-order valence-corrected chi connectivity index (χ2v) is 8.03. The fourth-order valence-corrected chi connectivity index (χ4v) is 3.64. The molecule has 31 heavy (non-hydrogen) atoms. The monoisotopic (exact) mass is 421 g/mol. The van der Waals surface area contributed by atoms with Crippen molar-refractivity contribution in [3.05, 3.63) is 59.4 Å². The Morgan fingerprint density at radius 1 is 1.10 bits per heavy atom. The molecule has 1 atom stereocenters. The summed E-state index contributed by atoms with van der Waals surface area (Å²) in [7, 11) is 0. The number of fused-ring (bicyclic) bond motifs is 1. The minimum absolute atomic E-state index is 0.0304. The van der Waals surface area contributed by atoms with Crippen molar-refractivity contribution in [2.24, 2.45) is 5.92 Å². The van der Waals surface area contributed by atoms with Gasteiger partial charge in [-0.3, -0.25) is 4.79 Å². The quantitative estimate of drug-likeness (QED) is 0.657. The van der Waals surface area contributed by atoms with Gasteiger partial charge in [-0.25, -0.2) is 0 Å². The summed E-state index contributed by atoms with van der Waals surface area (Å²) >= 11 is 0. The maximum Gasteiger partial charge on any atom is 0.224 e. The number of carbonyl (C=O) groups is 1. The molecule has 0 saturated carbocycles. The van der Waals surface area contributed by atoms with Gasteiger partial charge in [0.2, 0.25) is 5.91 Å². The normalized spacial score (nSPS) is 14.2. The highest BCUT2D eigenvalue weighted by Gasteiger charge is 2.21. The van der Waals surface area contributed by atoms with E-state index in [2.05, 4.69) is 34.7 Å². The molecule has 1 amide bonds. The van der Waals surface area contributed by atoms with Gasteiger partial charge in [0.1, 0.15) is 0 Å². The van der Waals surface area contributed by atoms with Gasteiger partial charge in [0.05, 0.1) is 31.4 Å². The van der Waals surface area contributed by atoms with Gasteiger partial charge in [-0.2, -0.15) is 4.68 Å². The highest BCUT2D eigenvalue weighted by Crippen LogP contribution is 2.34. The van der Waals surface area contributed by atoms with Crippen molar-refractivity contribution in [3.63, 3.8) is 0 Å². The average Bonchev–Trinajstić information content (AvgIpc) is 3.04. The van der Waals surface area contributed by atoms with Crippen LogP contribution in [0.2, 0.25) is 0 Å². The van der Waals surface area contributed by atoms with Crippen molar-refractivity contribution in [1.82, 2.24) is 25.5 Å². The predicted octanol–water partition coefficient (Wildman–Crippen LogP) is 3.19. The summed E-state index contributed by atoms with van der Waals surface area (Å²) in [4.78, 5) is 12.8. The van der Waals surface area contributed by atoms with Gasteiger partial charge in [-0.05, 0) is 58.7 Å². The number of aromatic nitrogens is 4. The molecular formula is C23H27N5O3. The van der Waals surface area contributed by atoms with E-state index < -0.39 is 0 Å². The number of rotatable bonds is 6. The molecule has 1 aliphatic heterocycles. The van der Waals surface area contributed by atoms with Crippen molar-refractivity contribution < 1.29 is 14.3 Å². The molecule has 1 aliphatic rings. The van der Waals surface area contributed by atoms with E-state index in [0.717, 1.165) is 34.7 Å². The summed E-state index contributed by atoms with van der Waals surface area (Å²) in [6.45, 7) is 7.32. The lowest BCUT2D eigenvalue weighted by molar-refractivity contribution is -0.121. The third-order valence-electron chi connectivity index (χ3n) is 5.28. The van der Waals surface area contributed by atoms with Crippen LogP contribution in [0.4, 0.5) is 0 Å². The summed E-state index contributed by atoms with van der Waals surface area (Å²) < 4.78 is 13.2. The molecule has 8 heteroatoms. The molecule has 3 aromatic rings. The second-order valence-electron chi connectivity index (χ2n) is 8.03. The van der Waals surface area contributed by atoms with Gasteiger partial charge in [0.25, 0.3) is 0 Å². The molecule has 1 unspecified atom stereocenters. The number of amides is 1. The van der Waals surface area contributed by atoms with Gasteiger partial charge in [-0.1, -0.05) is 32.0 Å². The van der Waals surface area contributed by atoms with Crippen LogP contribution in [-0.2, 0) is 11.2 Å². The van der Waals surface area contributed by atoms with E-state index >= 15 is 0 Å². The lowest BCUT2D eigenvalue weighted by Gasteiger charge is -2.24. The number of nitrogens with zero attached hydrogens (tertiary/aromatic N) is 4. The Morgan fingerprint density at radius 2 is 1.84 bits per heavy atom. The minimum atomic E-state index is -0.118. The molecule has 4 rings (SSSR count). The molecule has 0 saturated heterocycles. The smallest absolute Gasteiger partial charge is 0.224 e. The molecule has 0 aliphatic carbocycles. The third kappa shape index (κ3) is 4.84.